The van der Waals surface area contributed by atoms with Crippen molar-refractivity contribution in [2.45, 2.75) is 66.2 Å². The van der Waals surface area contributed by atoms with Gasteiger partial charge >= 0.3 is 0 Å². The molecular formula is C125H102F7N7S6. The van der Waals surface area contributed by atoms with Gasteiger partial charge in [0.05, 0.1) is 107 Å². The number of anilines is 12. The van der Waals surface area contributed by atoms with E-state index in [1.807, 2.05) is 133 Å². The number of thiophene rings is 6. The summed E-state index contributed by atoms with van der Waals surface area (Å²) in [6.45, 7) is 15.4. The number of hydrogen-bond acceptors (Lipinski definition) is 13. The molecule has 0 unspecified atom stereocenters. The van der Waals surface area contributed by atoms with E-state index < -0.39 is 0 Å². The largest absolute Gasteiger partial charge is 0.343 e. The maximum atomic E-state index is 14.3. The van der Waals surface area contributed by atoms with E-state index in [1.165, 1.54) is 150 Å². The van der Waals surface area contributed by atoms with Crippen LogP contribution in [0.4, 0.5) is 99.0 Å². The van der Waals surface area contributed by atoms with Crippen LogP contribution in [-0.4, -0.2) is 42.3 Å². The van der Waals surface area contributed by atoms with Crippen LogP contribution in [0.3, 0.4) is 0 Å². The molecule has 0 spiro atoms. The second kappa shape index (κ2) is 42.2. The predicted octanol–water partition coefficient (Wildman–Crippen LogP) is 39.1. The molecule has 0 fully saturated rings. The Balaban J connectivity index is 0.000000110. The van der Waals surface area contributed by atoms with E-state index >= 15 is 0 Å². The minimum absolute atomic E-state index is 0.0466. The minimum Gasteiger partial charge on any atom is -0.343 e. The molecule has 0 aliphatic carbocycles. The van der Waals surface area contributed by atoms with E-state index in [-0.39, 0.29) is 46.1 Å². The molecule has 18 aromatic carbocycles. The van der Waals surface area contributed by atoms with E-state index in [1.54, 1.807) is 60.7 Å². The van der Waals surface area contributed by atoms with Gasteiger partial charge < -0.3 is 29.4 Å². The lowest BCUT2D eigenvalue weighted by Crippen LogP contribution is -2.19. The van der Waals surface area contributed by atoms with Gasteiger partial charge in [-0.25, -0.2) is 30.7 Å². The summed E-state index contributed by atoms with van der Waals surface area (Å²) in [5.41, 5.74) is 18.2. The molecule has 0 aliphatic rings. The Morgan fingerprint density at radius 2 is 0.469 bits per heavy atom. The van der Waals surface area contributed by atoms with Crippen molar-refractivity contribution < 1.29 is 30.7 Å². The topological polar surface area (TPSA) is 43.2 Å². The lowest BCUT2D eigenvalue weighted by molar-refractivity contribution is 0.590. The molecule has 0 atom stereocenters. The Hall–Kier alpha value is -14.9. The monoisotopic (exact) mass is 2030 g/mol. The predicted molar refractivity (Wildman–Crippen MR) is 614 cm³/mol. The highest BCUT2D eigenvalue weighted by Crippen LogP contribution is 2.51. The molecule has 722 valence electrons. The number of halogens is 7. The number of hydrogen-bond donors (Lipinski definition) is 0. The van der Waals surface area contributed by atoms with Crippen molar-refractivity contribution in [1.29, 1.82) is 5.26 Å². The summed E-state index contributed by atoms with van der Waals surface area (Å²) in [4.78, 5) is 12.7. The third kappa shape index (κ3) is 19.2. The molecule has 0 saturated carbocycles. The fraction of sp³-hybridized carbons (Fsp3) is 0.128. The first-order chi connectivity index (χ1) is 70.2. The quantitative estimate of drug-likeness (QED) is 0.101. The van der Waals surface area contributed by atoms with Gasteiger partial charge in [-0.05, 0) is 168 Å². The zero-order chi connectivity index (χ0) is 101. The third-order valence-corrected chi connectivity index (χ3v) is 34.2. The molecule has 6 heterocycles. The van der Waals surface area contributed by atoms with Crippen molar-refractivity contribution in [2.24, 2.45) is 0 Å². The molecule has 0 saturated heterocycles. The zero-order valence-electron chi connectivity index (χ0n) is 82.2. The van der Waals surface area contributed by atoms with Crippen molar-refractivity contribution in [3.63, 3.8) is 0 Å². The van der Waals surface area contributed by atoms with E-state index in [0.29, 0.717) is 26.6 Å². The van der Waals surface area contributed by atoms with Gasteiger partial charge in [0.2, 0.25) is 0 Å². The Bertz CT molecular complexity index is 8860. The van der Waals surface area contributed by atoms with Crippen LogP contribution in [0.2, 0.25) is 0 Å². The van der Waals surface area contributed by atoms with Gasteiger partial charge in [-0.1, -0.05) is 284 Å². The first-order valence-electron chi connectivity index (χ1n) is 47.8. The first-order valence-corrected chi connectivity index (χ1v) is 52.7. The van der Waals surface area contributed by atoms with Gasteiger partial charge in [-0.15, -0.1) is 68.0 Å². The smallest absolute Gasteiger partial charge is 0.146 e. The van der Waals surface area contributed by atoms with Gasteiger partial charge in [0.15, 0.2) is 0 Å². The number of aryl methyl sites for hydroxylation is 2. The molecule has 24 rings (SSSR count). The van der Waals surface area contributed by atoms with Gasteiger partial charge in [0.25, 0.3) is 0 Å². The SMILES string of the molecule is CC(C)c1ccccc1N(C)c1cccc2c1sc1c(F)cccc12.CCc1ccccc1N(C)c1cccc2c1sc1c(F)cccc12.CN(c1ccccc1C#N)c1cccc2c1sc1c(F)cccc12.CN(c1ccccc1C(C)(C)C)c1cccc2c1sc1c(F)cccc12.CN(c1ccccc1F)c1cccc2c1sc1c(F)cccc12.Cc1ccccc1N(C)c1cccc2c1sc1c(F)cccc12. The van der Waals surface area contributed by atoms with Crippen LogP contribution in [0.15, 0.2) is 364 Å². The maximum Gasteiger partial charge on any atom is 0.146 e. The maximum absolute atomic E-state index is 14.3. The Kier molecular flexibility index (Phi) is 28.7. The Labute approximate surface area is 862 Å². The van der Waals surface area contributed by atoms with Crippen LogP contribution in [0.1, 0.15) is 75.3 Å². The van der Waals surface area contributed by atoms with E-state index in [4.69, 9.17) is 0 Å². The molecule has 7 nitrogen and oxygen atoms in total. The van der Waals surface area contributed by atoms with Crippen molar-refractivity contribution in [2.75, 3.05) is 71.7 Å². The molecule has 20 heteroatoms. The third-order valence-electron chi connectivity index (χ3n) is 26.7. The fourth-order valence-corrected chi connectivity index (χ4v) is 26.9. The van der Waals surface area contributed by atoms with Crippen LogP contribution in [0, 0.1) is 59.0 Å². The molecule has 6 aromatic heterocycles. The second-order valence-corrected chi connectivity index (χ2v) is 43.0. The Morgan fingerprint density at radius 1 is 0.241 bits per heavy atom. The van der Waals surface area contributed by atoms with Crippen LogP contribution in [0.25, 0.3) is 121 Å². The highest BCUT2D eigenvalue weighted by atomic mass is 32.1. The summed E-state index contributed by atoms with van der Waals surface area (Å²) in [7, 11) is 12.1. The van der Waals surface area contributed by atoms with Crippen molar-refractivity contribution in [3.8, 4) is 6.07 Å². The number of benzene rings is 18. The normalized spacial score (nSPS) is 11.4. The van der Waals surface area contributed by atoms with Crippen LogP contribution >= 0.6 is 68.0 Å². The number of nitrogens with zero attached hydrogens (tertiary/aromatic N) is 7. The van der Waals surface area contributed by atoms with Crippen molar-refractivity contribution in [3.05, 3.63) is 433 Å². The van der Waals surface area contributed by atoms with E-state index in [9.17, 15) is 36.0 Å². The highest BCUT2D eigenvalue weighted by Gasteiger charge is 2.27. The van der Waals surface area contributed by atoms with Gasteiger partial charge in [-0.3, -0.25) is 0 Å². The molecule has 0 bridgehead atoms. The summed E-state index contributed by atoms with van der Waals surface area (Å²) in [6, 6.07) is 119. The minimum atomic E-state index is -0.278. The van der Waals surface area contributed by atoms with Gasteiger partial charge in [-0.2, -0.15) is 5.26 Å². The lowest BCUT2D eigenvalue weighted by atomic mass is 9.85. The molecule has 0 radical (unpaired) electrons. The van der Waals surface area contributed by atoms with Gasteiger partial charge in [0.1, 0.15) is 46.8 Å². The van der Waals surface area contributed by atoms with E-state index in [2.05, 4.69) is 254 Å². The number of rotatable bonds is 14. The molecule has 24 aromatic rings. The highest BCUT2D eigenvalue weighted by molar-refractivity contribution is 7.28. The van der Waals surface area contributed by atoms with Crippen LogP contribution < -0.4 is 29.4 Å². The second-order valence-electron chi connectivity index (χ2n) is 36.9. The molecule has 145 heavy (non-hydrogen) atoms. The average Bonchev–Trinajstić information content (AvgIpc) is 1.65. The van der Waals surface area contributed by atoms with E-state index in [0.717, 1.165) is 164 Å². The summed E-state index contributed by atoms with van der Waals surface area (Å²) in [6.07, 6.45) is 0.984. The number of nitriles is 1. The molecular weight excluding hydrogens is 1920 g/mol. The summed E-state index contributed by atoms with van der Waals surface area (Å²) < 4.78 is 110. The molecule has 0 amide bonds. The lowest BCUT2D eigenvalue weighted by Gasteiger charge is -2.29. The fourth-order valence-electron chi connectivity index (χ4n) is 19.3. The van der Waals surface area contributed by atoms with Crippen LogP contribution in [0.5, 0.6) is 0 Å². The summed E-state index contributed by atoms with van der Waals surface area (Å²) in [5.74, 6) is -0.827. The molecule has 0 N–H and O–H groups in total. The van der Waals surface area contributed by atoms with Crippen molar-refractivity contribution in [1.82, 2.24) is 0 Å². The Morgan fingerprint density at radius 3 is 0.793 bits per heavy atom. The number of para-hydroxylation sites is 6. The summed E-state index contributed by atoms with van der Waals surface area (Å²) in [5, 5.41) is 21.6. The number of fused-ring (bicyclic) bond motifs is 18. The molecule has 0 aliphatic heterocycles. The average molecular weight is 2030 g/mol. The van der Waals surface area contributed by atoms with Crippen molar-refractivity contribution >= 4 is 257 Å². The van der Waals surface area contributed by atoms with Gasteiger partial charge in [0, 0.05) is 130 Å². The summed E-state index contributed by atoms with van der Waals surface area (Å²) >= 11 is 8.99. The standard InChI is InChI=1S/C23H22FNS.C22H20FNS.C21H18FNS.C20H13FN2S.C20H16FNS.C19H13F2NS/c1-23(2,3)17-11-5-6-13-19(17)25(4)20-14-8-10-16-15-9-7-12-18(24)21(15)26-22(16)20;1-14(2)15-8-4-5-12-19(15)24(3)20-13-7-10-17-16-9-6-11-18(23)21(16)25-22(17)20;1-3-14-8-4-5-12-18(14)23(2)19-13-7-10-16-15-9-6-11-17(22)20(15)24-21(16)19;1-23(17-10-3-2-6-13(17)12-22)18-11-5-8-15-14-7-4-9-16(21)19(14)24-20(15)18;1-13-7-3-4-11-17(13)22(2)18-12-6-9-15-14-8-5-10-16(21)19(14)23-20(15)18;1-22(16-10-3-2-8-14(16)20)17-11-5-7-13-12-6-4-9-15(21)18(12)23-19(13)17/h5-14H,1-4H3;4-14H,1-3H3;4-13H,3H2,1-2H3;2-11H,1H3;3-12H,1-2H3;2-11H,1H3. The zero-order valence-corrected chi connectivity index (χ0v) is 87.1. The van der Waals surface area contributed by atoms with Crippen LogP contribution in [-0.2, 0) is 11.8 Å². The first kappa shape index (κ1) is 98.8.